The minimum Gasteiger partial charge on any atom is -0.381 e. The topological polar surface area (TPSA) is 49.7 Å². The summed E-state index contributed by atoms with van der Waals surface area (Å²) in [5.41, 5.74) is 1.90. The van der Waals surface area contributed by atoms with Crippen molar-refractivity contribution in [2.45, 2.75) is 64.3 Å². The minimum absolute atomic E-state index is 0.0431. The zero-order chi connectivity index (χ0) is 16.5. The fourth-order valence-corrected chi connectivity index (χ4v) is 6.28. The van der Waals surface area contributed by atoms with Crippen molar-refractivity contribution in [2.75, 3.05) is 7.11 Å². The molecule has 4 rings (SSSR count). The van der Waals surface area contributed by atoms with Crippen LogP contribution in [0.4, 0.5) is 0 Å². The van der Waals surface area contributed by atoms with Crippen LogP contribution in [-0.2, 0) is 4.74 Å². The maximum Gasteiger partial charge on any atom is 0.182 e. The van der Waals surface area contributed by atoms with Gasteiger partial charge in [0.1, 0.15) is 0 Å². The average Bonchev–Trinajstić information content (AvgIpc) is 2.89. The summed E-state index contributed by atoms with van der Waals surface area (Å²) >= 11 is 0. The number of hydrogen-bond acceptors (Lipinski definition) is 3. The molecule has 0 heterocycles. The zero-order valence-corrected chi connectivity index (χ0v) is 14.6. The Morgan fingerprint density at radius 1 is 1.22 bits per heavy atom. The van der Waals surface area contributed by atoms with Crippen molar-refractivity contribution >= 4 is 0 Å². The van der Waals surface area contributed by atoms with Crippen molar-refractivity contribution in [3.63, 3.8) is 0 Å². The van der Waals surface area contributed by atoms with Gasteiger partial charge in [0, 0.05) is 24.9 Å². The number of ether oxygens (including phenoxy) is 1. The molecule has 0 aromatic carbocycles. The van der Waals surface area contributed by atoms with E-state index < -0.39 is 5.79 Å². The average molecular weight is 318 g/mol. The first-order valence-electron chi connectivity index (χ1n) is 9.18. The minimum atomic E-state index is -1.66. The molecule has 23 heavy (non-hydrogen) atoms. The maximum atomic E-state index is 10.1. The molecule has 0 saturated heterocycles. The van der Waals surface area contributed by atoms with Gasteiger partial charge in [0.15, 0.2) is 5.79 Å². The summed E-state index contributed by atoms with van der Waals surface area (Å²) < 4.78 is 5.95. The van der Waals surface area contributed by atoms with E-state index in [9.17, 15) is 10.2 Å². The molecule has 2 fully saturated rings. The quantitative estimate of drug-likeness (QED) is 0.575. The van der Waals surface area contributed by atoms with Crippen LogP contribution in [0.1, 0.15) is 52.4 Å². The smallest absolute Gasteiger partial charge is 0.182 e. The van der Waals surface area contributed by atoms with E-state index in [4.69, 9.17) is 4.74 Å². The zero-order valence-electron chi connectivity index (χ0n) is 14.6. The standard InChI is InChI=1S/C20H30O3/c1-18-7-4-5-14(18)17-15(6-8-18)19(2)9-10-20(21,22)12-13(19)11-16(17)23-3/h6,9-10,13-14,16-17,21-22H,4-5,7-8,11-12H2,1-3H3/t13?,14-,16-,17-,18-,19-/m0/s1. The van der Waals surface area contributed by atoms with Gasteiger partial charge in [-0.05, 0) is 49.0 Å². The lowest BCUT2D eigenvalue weighted by Gasteiger charge is -2.57. The first-order chi connectivity index (χ1) is 10.8. The fourth-order valence-electron chi connectivity index (χ4n) is 6.28. The van der Waals surface area contributed by atoms with Crippen LogP contribution < -0.4 is 0 Å². The molecule has 2 saturated carbocycles. The van der Waals surface area contributed by atoms with Crippen LogP contribution >= 0.6 is 0 Å². The Morgan fingerprint density at radius 3 is 2.74 bits per heavy atom. The molecule has 0 aliphatic heterocycles. The van der Waals surface area contributed by atoms with Crippen LogP contribution in [0, 0.1) is 28.6 Å². The van der Waals surface area contributed by atoms with Gasteiger partial charge in [-0.1, -0.05) is 38.0 Å². The third-order valence-corrected chi connectivity index (χ3v) is 7.67. The summed E-state index contributed by atoms with van der Waals surface area (Å²) in [5, 5.41) is 20.2. The van der Waals surface area contributed by atoms with Gasteiger partial charge in [-0.25, -0.2) is 0 Å². The monoisotopic (exact) mass is 318 g/mol. The summed E-state index contributed by atoms with van der Waals surface area (Å²) in [7, 11) is 1.83. The highest BCUT2D eigenvalue weighted by Crippen LogP contribution is 2.63. The second kappa shape index (κ2) is 4.93. The Balaban J connectivity index is 1.79. The van der Waals surface area contributed by atoms with E-state index in [1.54, 1.807) is 6.08 Å². The van der Waals surface area contributed by atoms with Crippen molar-refractivity contribution in [1.29, 1.82) is 0 Å². The van der Waals surface area contributed by atoms with Crippen molar-refractivity contribution in [1.82, 2.24) is 0 Å². The highest BCUT2D eigenvalue weighted by molar-refractivity contribution is 5.35. The van der Waals surface area contributed by atoms with E-state index >= 15 is 0 Å². The van der Waals surface area contributed by atoms with Crippen LogP contribution in [0.2, 0.25) is 0 Å². The molecule has 0 bridgehead atoms. The van der Waals surface area contributed by atoms with E-state index in [2.05, 4.69) is 26.0 Å². The van der Waals surface area contributed by atoms with Crippen LogP contribution in [-0.4, -0.2) is 29.2 Å². The molecular formula is C20H30O3. The van der Waals surface area contributed by atoms with Crippen LogP contribution in [0.25, 0.3) is 0 Å². The lowest BCUT2D eigenvalue weighted by Crippen LogP contribution is -2.53. The van der Waals surface area contributed by atoms with Crippen LogP contribution in [0.15, 0.2) is 23.8 Å². The SMILES string of the molecule is CO[C@H]1CC2CC(O)(O)C=C[C@]2(C)C2=CC[C@]3(C)CCC[C@H]3[C@@H]21. The first kappa shape index (κ1) is 15.9. The van der Waals surface area contributed by atoms with E-state index in [-0.39, 0.29) is 17.4 Å². The molecule has 4 aliphatic carbocycles. The largest absolute Gasteiger partial charge is 0.381 e. The molecule has 6 atom stereocenters. The Morgan fingerprint density at radius 2 is 2.00 bits per heavy atom. The maximum absolute atomic E-state index is 10.1. The number of fused-ring (bicyclic) bond motifs is 5. The second-order valence-corrected chi connectivity index (χ2v) is 8.95. The highest BCUT2D eigenvalue weighted by Gasteiger charge is 2.57. The molecule has 0 spiro atoms. The van der Waals surface area contributed by atoms with E-state index in [0.717, 1.165) is 6.42 Å². The van der Waals surface area contributed by atoms with E-state index in [1.165, 1.54) is 31.3 Å². The number of hydrogen-bond donors (Lipinski definition) is 2. The molecule has 3 nitrogen and oxygen atoms in total. The van der Waals surface area contributed by atoms with Gasteiger partial charge in [-0.3, -0.25) is 0 Å². The molecule has 3 heteroatoms. The molecule has 2 N–H and O–H groups in total. The first-order valence-corrected chi connectivity index (χ1v) is 9.18. The Bertz CT molecular complexity index is 563. The fraction of sp³-hybridized carbons (Fsp3) is 0.800. The van der Waals surface area contributed by atoms with Crippen LogP contribution in [0.3, 0.4) is 0 Å². The van der Waals surface area contributed by atoms with Gasteiger partial charge in [0.25, 0.3) is 0 Å². The summed E-state index contributed by atoms with van der Waals surface area (Å²) in [4.78, 5) is 0. The van der Waals surface area contributed by atoms with Crippen molar-refractivity contribution < 1.29 is 14.9 Å². The predicted octanol–water partition coefficient (Wildman–Crippen LogP) is 3.42. The van der Waals surface area contributed by atoms with Gasteiger partial charge in [-0.2, -0.15) is 0 Å². The molecule has 0 aromatic heterocycles. The second-order valence-electron chi connectivity index (χ2n) is 8.95. The van der Waals surface area contributed by atoms with Gasteiger partial charge >= 0.3 is 0 Å². The molecule has 0 aromatic rings. The third-order valence-electron chi connectivity index (χ3n) is 7.67. The van der Waals surface area contributed by atoms with Gasteiger partial charge in [0.05, 0.1) is 6.10 Å². The Labute approximate surface area is 139 Å². The van der Waals surface area contributed by atoms with Crippen molar-refractivity contribution in [2.24, 2.45) is 28.6 Å². The van der Waals surface area contributed by atoms with Crippen molar-refractivity contribution in [3.8, 4) is 0 Å². The highest BCUT2D eigenvalue weighted by atomic mass is 16.5. The third kappa shape index (κ3) is 2.20. The summed E-state index contributed by atoms with van der Waals surface area (Å²) in [6, 6.07) is 0. The summed E-state index contributed by atoms with van der Waals surface area (Å²) in [6.45, 7) is 4.76. The molecular weight excluding hydrogens is 288 g/mol. The molecule has 4 aliphatic rings. The Hall–Kier alpha value is -0.640. The normalized spacial score (nSPS) is 50.7. The number of methoxy groups -OCH3 is 1. The number of allylic oxidation sites excluding steroid dienone is 2. The molecule has 128 valence electrons. The summed E-state index contributed by atoms with van der Waals surface area (Å²) in [6.07, 6.45) is 12.9. The number of aliphatic hydroxyl groups is 2. The van der Waals surface area contributed by atoms with Gasteiger partial charge < -0.3 is 14.9 Å². The van der Waals surface area contributed by atoms with Crippen LogP contribution in [0.5, 0.6) is 0 Å². The Kier molecular flexibility index (Phi) is 3.40. The lowest BCUT2D eigenvalue weighted by atomic mass is 9.49. The van der Waals surface area contributed by atoms with Gasteiger partial charge in [0.2, 0.25) is 0 Å². The van der Waals surface area contributed by atoms with E-state index in [1.807, 2.05) is 7.11 Å². The lowest BCUT2D eigenvalue weighted by molar-refractivity contribution is -0.156. The molecule has 1 unspecified atom stereocenters. The van der Waals surface area contributed by atoms with E-state index in [0.29, 0.717) is 23.7 Å². The molecule has 0 radical (unpaired) electrons. The summed E-state index contributed by atoms with van der Waals surface area (Å²) in [5.74, 6) is -0.210. The molecule has 0 amide bonds. The van der Waals surface area contributed by atoms with Gasteiger partial charge in [-0.15, -0.1) is 0 Å². The predicted molar refractivity (Wildman–Crippen MR) is 89.6 cm³/mol. The number of rotatable bonds is 1. The van der Waals surface area contributed by atoms with Crippen molar-refractivity contribution in [3.05, 3.63) is 23.8 Å².